The van der Waals surface area contributed by atoms with Gasteiger partial charge in [-0.3, -0.25) is 9.89 Å². The molecule has 0 spiro atoms. The Bertz CT molecular complexity index is 970. The molecule has 0 radical (unpaired) electrons. The van der Waals surface area contributed by atoms with Crippen molar-refractivity contribution in [2.24, 2.45) is 12.8 Å². The molecule has 3 rings (SSSR count). The third-order valence-electron chi connectivity index (χ3n) is 3.69. The van der Waals surface area contributed by atoms with E-state index in [4.69, 9.17) is 5.73 Å². The minimum atomic E-state index is -0.580. The summed E-state index contributed by atoms with van der Waals surface area (Å²) in [6, 6.07) is 5.80. The lowest BCUT2D eigenvalue weighted by Crippen LogP contribution is -2.13. The number of nitrogens with two attached hydrogens (primary N) is 1. The van der Waals surface area contributed by atoms with Gasteiger partial charge < -0.3 is 15.6 Å². The number of aryl methyl sites for hydroxylation is 2. The molecule has 0 saturated carbocycles. The van der Waals surface area contributed by atoms with Crippen LogP contribution in [0.15, 0.2) is 18.2 Å². The molecule has 0 bridgehead atoms. The number of H-pyrrole nitrogens is 1. The normalized spacial score (nSPS) is 10.4. The molecule has 0 fully saturated rings. The number of anilines is 1. The van der Waals surface area contributed by atoms with Gasteiger partial charge in [0.05, 0.1) is 11.0 Å². The second-order valence-electron chi connectivity index (χ2n) is 5.11. The van der Waals surface area contributed by atoms with Gasteiger partial charge in [-0.15, -0.1) is 0 Å². The number of amides is 1. The lowest BCUT2D eigenvalue weighted by atomic mass is 10.1. The van der Waals surface area contributed by atoms with Crippen LogP contribution in [-0.2, 0) is 7.05 Å². The quantitative estimate of drug-likeness (QED) is 0.618. The summed E-state index contributed by atoms with van der Waals surface area (Å²) in [6.07, 6.45) is 0. The molecule has 0 aliphatic heterocycles. The van der Waals surface area contributed by atoms with Crippen LogP contribution in [0.5, 0.6) is 0 Å². The molecule has 1 aromatic carbocycles. The third-order valence-corrected chi connectivity index (χ3v) is 3.69. The average Bonchev–Trinajstić information content (AvgIpc) is 3.06. The van der Waals surface area contributed by atoms with Gasteiger partial charge in [0.2, 0.25) is 0 Å². The fourth-order valence-corrected chi connectivity index (χ4v) is 2.39. The van der Waals surface area contributed by atoms with E-state index in [2.05, 4.69) is 32.3 Å². The van der Waals surface area contributed by atoms with Crippen LogP contribution in [0.4, 0.5) is 5.82 Å². The van der Waals surface area contributed by atoms with Gasteiger partial charge in [-0.2, -0.15) is 5.10 Å². The Morgan fingerprint density at radius 3 is 2.87 bits per heavy atom. The molecular formula is C16H16N6O. The highest BCUT2D eigenvalue weighted by atomic mass is 16.1. The lowest BCUT2D eigenvalue weighted by Gasteiger charge is -1.97. The standard InChI is InChI=1S/C16H16N6O/c1-9-19-12-8-10(5-7-13(12)22(9)3)4-6-11-14(15(17)23)16(18-2)21-20-11/h5,7-8H,1-3H3,(H2,17,23)(H2,18,20,21). The third kappa shape index (κ3) is 2.51. The summed E-state index contributed by atoms with van der Waals surface area (Å²) in [5.74, 6) is 6.66. The summed E-state index contributed by atoms with van der Waals surface area (Å²) < 4.78 is 2.02. The average molecular weight is 308 g/mol. The Morgan fingerprint density at radius 2 is 2.17 bits per heavy atom. The summed E-state index contributed by atoms with van der Waals surface area (Å²) in [5, 5.41) is 9.50. The molecule has 116 valence electrons. The smallest absolute Gasteiger partial charge is 0.255 e. The van der Waals surface area contributed by atoms with Crippen molar-refractivity contribution in [2.45, 2.75) is 6.92 Å². The highest BCUT2D eigenvalue weighted by Gasteiger charge is 2.15. The van der Waals surface area contributed by atoms with E-state index >= 15 is 0 Å². The van der Waals surface area contributed by atoms with Crippen molar-refractivity contribution in [3.05, 3.63) is 40.8 Å². The highest BCUT2D eigenvalue weighted by molar-refractivity contribution is 5.99. The van der Waals surface area contributed by atoms with Crippen LogP contribution in [0, 0.1) is 18.8 Å². The summed E-state index contributed by atoms with van der Waals surface area (Å²) in [7, 11) is 3.64. The van der Waals surface area contributed by atoms with Gasteiger partial charge in [0.15, 0.2) is 5.82 Å². The molecule has 0 unspecified atom stereocenters. The molecule has 2 aromatic heterocycles. The zero-order valence-electron chi connectivity index (χ0n) is 13.1. The second kappa shape index (κ2) is 5.50. The Balaban J connectivity index is 2.02. The van der Waals surface area contributed by atoms with Crippen molar-refractivity contribution in [3.63, 3.8) is 0 Å². The molecule has 0 atom stereocenters. The summed E-state index contributed by atoms with van der Waals surface area (Å²) in [5.41, 5.74) is 8.75. The number of aromatic nitrogens is 4. The number of rotatable bonds is 2. The van der Waals surface area contributed by atoms with E-state index in [0.29, 0.717) is 11.5 Å². The van der Waals surface area contributed by atoms with Gasteiger partial charge >= 0.3 is 0 Å². The maximum atomic E-state index is 11.5. The molecular weight excluding hydrogens is 292 g/mol. The largest absolute Gasteiger partial charge is 0.371 e. The van der Waals surface area contributed by atoms with Crippen molar-refractivity contribution in [3.8, 4) is 11.8 Å². The topological polar surface area (TPSA) is 102 Å². The Hall–Kier alpha value is -3.27. The Morgan fingerprint density at radius 1 is 1.39 bits per heavy atom. The van der Waals surface area contributed by atoms with E-state index < -0.39 is 5.91 Å². The molecule has 2 heterocycles. The number of hydrogen-bond donors (Lipinski definition) is 3. The minimum absolute atomic E-state index is 0.259. The zero-order chi connectivity index (χ0) is 16.6. The lowest BCUT2D eigenvalue weighted by molar-refractivity contribution is 0.100. The minimum Gasteiger partial charge on any atom is -0.371 e. The molecule has 0 aliphatic carbocycles. The number of nitrogens with zero attached hydrogens (tertiary/aromatic N) is 3. The maximum Gasteiger partial charge on any atom is 0.255 e. The second-order valence-corrected chi connectivity index (χ2v) is 5.11. The molecule has 1 amide bonds. The Kier molecular flexibility index (Phi) is 3.50. The number of carbonyl (C=O) groups is 1. The Labute approximate surface area is 132 Å². The first-order valence-electron chi connectivity index (χ1n) is 7.02. The summed E-state index contributed by atoms with van der Waals surface area (Å²) in [4.78, 5) is 16.0. The van der Waals surface area contributed by atoms with Crippen LogP contribution in [0.25, 0.3) is 11.0 Å². The number of fused-ring (bicyclic) bond motifs is 1. The van der Waals surface area contributed by atoms with Crippen molar-refractivity contribution < 1.29 is 4.79 Å². The number of benzene rings is 1. The molecule has 23 heavy (non-hydrogen) atoms. The van der Waals surface area contributed by atoms with Gasteiger partial charge in [-0.25, -0.2) is 4.98 Å². The highest BCUT2D eigenvalue weighted by Crippen LogP contribution is 2.17. The molecule has 0 aliphatic rings. The molecule has 0 saturated heterocycles. The number of primary amides is 1. The van der Waals surface area contributed by atoms with E-state index in [1.54, 1.807) is 7.05 Å². The number of imidazole rings is 1. The molecule has 7 nitrogen and oxygen atoms in total. The first-order valence-corrected chi connectivity index (χ1v) is 7.02. The van der Waals surface area contributed by atoms with E-state index in [-0.39, 0.29) is 5.56 Å². The number of aromatic amines is 1. The van der Waals surface area contributed by atoms with Gasteiger partial charge in [-0.1, -0.05) is 5.92 Å². The van der Waals surface area contributed by atoms with E-state index in [1.165, 1.54) is 0 Å². The van der Waals surface area contributed by atoms with E-state index in [1.807, 2.05) is 36.7 Å². The SMILES string of the molecule is CNc1n[nH]c(C#Cc2ccc3c(c2)nc(C)n3C)c1C(N)=O. The molecule has 4 N–H and O–H groups in total. The van der Waals surface area contributed by atoms with Crippen molar-refractivity contribution >= 4 is 22.8 Å². The zero-order valence-corrected chi connectivity index (χ0v) is 13.1. The van der Waals surface area contributed by atoms with Crippen LogP contribution in [0.1, 0.15) is 27.4 Å². The van der Waals surface area contributed by atoms with E-state index in [0.717, 1.165) is 22.4 Å². The first-order chi connectivity index (χ1) is 11.0. The number of nitrogens with one attached hydrogen (secondary N) is 2. The van der Waals surface area contributed by atoms with Crippen molar-refractivity contribution in [1.82, 2.24) is 19.7 Å². The summed E-state index contributed by atoms with van der Waals surface area (Å²) >= 11 is 0. The van der Waals surface area contributed by atoms with Crippen molar-refractivity contribution in [1.29, 1.82) is 0 Å². The fraction of sp³-hybridized carbons (Fsp3) is 0.188. The number of carbonyl (C=O) groups excluding carboxylic acids is 1. The number of hydrogen-bond acceptors (Lipinski definition) is 4. The summed E-state index contributed by atoms with van der Waals surface area (Å²) in [6.45, 7) is 1.95. The maximum absolute atomic E-state index is 11.5. The monoisotopic (exact) mass is 308 g/mol. The van der Waals surface area contributed by atoms with E-state index in [9.17, 15) is 4.79 Å². The van der Waals surface area contributed by atoms with Gasteiger partial charge in [0.25, 0.3) is 5.91 Å². The van der Waals surface area contributed by atoms with Gasteiger partial charge in [-0.05, 0) is 31.0 Å². The predicted molar refractivity (Wildman–Crippen MR) is 88.1 cm³/mol. The van der Waals surface area contributed by atoms with Crippen LogP contribution in [0.3, 0.4) is 0 Å². The molecule has 3 aromatic rings. The first kappa shape index (κ1) is 14.7. The van der Waals surface area contributed by atoms with Crippen LogP contribution in [-0.4, -0.2) is 32.7 Å². The molecule has 7 heteroatoms. The van der Waals surface area contributed by atoms with Gasteiger partial charge in [0, 0.05) is 19.7 Å². The predicted octanol–water partition coefficient (Wildman–Crippen LogP) is 1.15. The van der Waals surface area contributed by atoms with Crippen LogP contribution >= 0.6 is 0 Å². The van der Waals surface area contributed by atoms with Crippen LogP contribution < -0.4 is 11.1 Å². The van der Waals surface area contributed by atoms with Gasteiger partial charge in [0.1, 0.15) is 17.1 Å². The fourth-order valence-electron chi connectivity index (χ4n) is 2.39. The van der Waals surface area contributed by atoms with Crippen molar-refractivity contribution in [2.75, 3.05) is 12.4 Å². The van der Waals surface area contributed by atoms with Crippen LogP contribution in [0.2, 0.25) is 0 Å².